The van der Waals surface area contributed by atoms with E-state index in [1.807, 2.05) is 0 Å². The van der Waals surface area contributed by atoms with Crippen LogP contribution in [0.3, 0.4) is 0 Å². The Morgan fingerprint density at radius 3 is 2.37 bits per heavy atom. The second-order valence-electron chi connectivity index (χ2n) is 4.33. The SMILES string of the molecule is COc1ccc(C(N)Cc2ccc(F)cc2)cc1F. The van der Waals surface area contributed by atoms with E-state index in [1.165, 1.54) is 25.3 Å². The fourth-order valence-corrected chi connectivity index (χ4v) is 1.91. The summed E-state index contributed by atoms with van der Waals surface area (Å²) in [5.74, 6) is -0.528. The van der Waals surface area contributed by atoms with Gasteiger partial charge in [0.15, 0.2) is 11.6 Å². The molecule has 0 fully saturated rings. The van der Waals surface area contributed by atoms with Crippen LogP contribution in [-0.2, 0) is 6.42 Å². The molecule has 0 aliphatic carbocycles. The maximum absolute atomic E-state index is 13.6. The van der Waals surface area contributed by atoms with Crippen molar-refractivity contribution in [3.05, 3.63) is 65.2 Å². The summed E-state index contributed by atoms with van der Waals surface area (Å²) in [6, 6.07) is 10.4. The molecule has 1 unspecified atom stereocenters. The Morgan fingerprint density at radius 1 is 1.11 bits per heavy atom. The van der Waals surface area contributed by atoms with Gasteiger partial charge in [-0.05, 0) is 41.8 Å². The quantitative estimate of drug-likeness (QED) is 0.919. The van der Waals surface area contributed by atoms with Crippen LogP contribution in [0.25, 0.3) is 0 Å². The first-order valence-corrected chi connectivity index (χ1v) is 5.93. The predicted molar refractivity (Wildman–Crippen MR) is 70.0 cm³/mol. The number of rotatable bonds is 4. The minimum atomic E-state index is -0.436. The summed E-state index contributed by atoms with van der Waals surface area (Å²) >= 11 is 0. The van der Waals surface area contributed by atoms with Gasteiger partial charge in [-0.1, -0.05) is 18.2 Å². The summed E-state index contributed by atoms with van der Waals surface area (Å²) in [6.07, 6.45) is 0.520. The molecule has 2 N–H and O–H groups in total. The lowest BCUT2D eigenvalue weighted by atomic mass is 9.99. The second-order valence-corrected chi connectivity index (χ2v) is 4.33. The van der Waals surface area contributed by atoms with Crippen LogP contribution in [0.15, 0.2) is 42.5 Å². The topological polar surface area (TPSA) is 35.2 Å². The minimum absolute atomic E-state index is 0.192. The summed E-state index contributed by atoms with van der Waals surface area (Å²) in [5.41, 5.74) is 7.61. The molecule has 0 aromatic heterocycles. The van der Waals surface area contributed by atoms with Gasteiger partial charge >= 0.3 is 0 Å². The molecule has 0 saturated heterocycles. The zero-order chi connectivity index (χ0) is 13.8. The van der Waals surface area contributed by atoms with Crippen molar-refractivity contribution in [1.29, 1.82) is 0 Å². The monoisotopic (exact) mass is 263 g/mol. The molecule has 4 heteroatoms. The van der Waals surface area contributed by atoms with Crippen LogP contribution in [-0.4, -0.2) is 7.11 Å². The second kappa shape index (κ2) is 5.80. The largest absolute Gasteiger partial charge is 0.494 e. The van der Waals surface area contributed by atoms with E-state index in [9.17, 15) is 8.78 Å². The van der Waals surface area contributed by atoms with Crippen LogP contribution in [0, 0.1) is 11.6 Å². The first-order valence-electron chi connectivity index (χ1n) is 5.93. The Labute approximate surface area is 110 Å². The lowest BCUT2D eigenvalue weighted by molar-refractivity contribution is 0.386. The summed E-state index contributed by atoms with van der Waals surface area (Å²) in [4.78, 5) is 0. The Kier molecular flexibility index (Phi) is 4.12. The third-order valence-electron chi connectivity index (χ3n) is 2.97. The highest BCUT2D eigenvalue weighted by atomic mass is 19.1. The maximum Gasteiger partial charge on any atom is 0.165 e. The summed E-state index contributed by atoms with van der Waals surface area (Å²) in [7, 11) is 1.41. The van der Waals surface area contributed by atoms with Gasteiger partial charge in [0.2, 0.25) is 0 Å². The molecule has 0 spiro atoms. The van der Waals surface area contributed by atoms with E-state index in [-0.39, 0.29) is 17.6 Å². The van der Waals surface area contributed by atoms with Crippen molar-refractivity contribution in [2.75, 3.05) is 7.11 Å². The van der Waals surface area contributed by atoms with Gasteiger partial charge in [-0.2, -0.15) is 0 Å². The number of hydrogen-bond acceptors (Lipinski definition) is 2. The molecule has 19 heavy (non-hydrogen) atoms. The highest BCUT2D eigenvalue weighted by Gasteiger charge is 2.10. The summed E-state index contributed by atoms with van der Waals surface area (Å²) in [6.45, 7) is 0. The molecule has 0 aliphatic heterocycles. The van der Waals surface area contributed by atoms with Crippen LogP contribution in [0.1, 0.15) is 17.2 Å². The summed E-state index contributed by atoms with van der Waals surface area (Å²) in [5, 5.41) is 0. The van der Waals surface area contributed by atoms with E-state index in [4.69, 9.17) is 10.5 Å². The Hall–Kier alpha value is -1.94. The average molecular weight is 263 g/mol. The van der Waals surface area contributed by atoms with E-state index in [0.717, 1.165) is 5.56 Å². The van der Waals surface area contributed by atoms with Crippen LogP contribution in [0.4, 0.5) is 8.78 Å². The summed E-state index contributed by atoms with van der Waals surface area (Å²) < 4.78 is 31.2. The van der Waals surface area contributed by atoms with Crippen molar-refractivity contribution in [2.45, 2.75) is 12.5 Å². The highest BCUT2D eigenvalue weighted by molar-refractivity contribution is 5.32. The third kappa shape index (κ3) is 3.29. The van der Waals surface area contributed by atoms with Crippen LogP contribution < -0.4 is 10.5 Å². The first-order chi connectivity index (χ1) is 9.10. The molecule has 0 radical (unpaired) electrons. The van der Waals surface area contributed by atoms with Crippen molar-refractivity contribution in [2.24, 2.45) is 5.73 Å². The van der Waals surface area contributed by atoms with Crippen molar-refractivity contribution in [1.82, 2.24) is 0 Å². The molecule has 0 aliphatic rings. The smallest absolute Gasteiger partial charge is 0.165 e. The van der Waals surface area contributed by atoms with Gasteiger partial charge in [0.25, 0.3) is 0 Å². The molecular weight excluding hydrogens is 248 g/mol. The molecule has 100 valence electrons. The lowest BCUT2D eigenvalue weighted by Crippen LogP contribution is -2.13. The number of methoxy groups -OCH3 is 1. The van der Waals surface area contributed by atoms with Crippen molar-refractivity contribution in [3.63, 3.8) is 0 Å². The minimum Gasteiger partial charge on any atom is -0.494 e. The van der Waals surface area contributed by atoms with Gasteiger partial charge < -0.3 is 10.5 Å². The van der Waals surface area contributed by atoms with Crippen LogP contribution >= 0.6 is 0 Å². The number of hydrogen-bond donors (Lipinski definition) is 1. The van der Waals surface area contributed by atoms with E-state index >= 15 is 0 Å². The molecule has 2 aromatic rings. The van der Waals surface area contributed by atoms with Crippen molar-refractivity contribution < 1.29 is 13.5 Å². The van der Waals surface area contributed by atoms with Crippen LogP contribution in [0.2, 0.25) is 0 Å². The molecular formula is C15H15F2NO. The van der Waals surface area contributed by atoms with Crippen molar-refractivity contribution in [3.8, 4) is 5.75 Å². The van der Waals surface area contributed by atoms with Crippen molar-refractivity contribution >= 4 is 0 Å². The normalized spacial score (nSPS) is 12.2. The number of ether oxygens (including phenoxy) is 1. The fourth-order valence-electron chi connectivity index (χ4n) is 1.91. The molecule has 0 amide bonds. The van der Waals surface area contributed by atoms with E-state index in [1.54, 1.807) is 24.3 Å². The molecule has 2 nitrogen and oxygen atoms in total. The van der Waals surface area contributed by atoms with Gasteiger partial charge in [0.1, 0.15) is 5.82 Å². The predicted octanol–water partition coefficient (Wildman–Crippen LogP) is 3.22. The van der Waals surface area contributed by atoms with Crippen LogP contribution in [0.5, 0.6) is 5.75 Å². The molecule has 0 heterocycles. The van der Waals surface area contributed by atoms with E-state index in [2.05, 4.69) is 0 Å². The maximum atomic E-state index is 13.6. The van der Waals surface area contributed by atoms with Gasteiger partial charge in [-0.3, -0.25) is 0 Å². The highest BCUT2D eigenvalue weighted by Crippen LogP contribution is 2.22. The molecule has 2 aromatic carbocycles. The molecule has 2 rings (SSSR count). The Bertz CT molecular complexity index is 555. The van der Waals surface area contributed by atoms with Gasteiger partial charge in [0.05, 0.1) is 7.11 Å². The number of halogens is 2. The lowest BCUT2D eigenvalue weighted by Gasteiger charge is -2.13. The molecule has 0 bridgehead atoms. The standard InChI is InChI=1S/C15H15F2NO/c1-19-15-7-4-11(9-13(15)17)14(18)8-10-2-5-12(16)6-3-10/h2-7,9,14H,8,18H2,1H3. The van der Waals surface area contributed by atoms with E-state index < -0.39 is 5.82 Å². The fraction of sp³-hybridized carbons (Fsp3) is 0.200. The molecule has 0 saturated carbocycles. The van der Waals surface area contributed by atoms with Gasteiger partial charge in [-0.15, -0.1) is 0 Å². The average Bonchev–Trinajstić information content (AvgIpc) is 2.41. The third-order valence-corrected chi connectivity index (χ3v) is 2.97. The van der Waals surface area contributed by atoms with Gasteiger partial charge in [0, 0.05) is 6.04 Å². The Morgan fingerprint density at radius 2 is 1.79 bits per heavy atom. The number of nitrogens with two attached hydrogens (primary N) is 1. The molecule has 1 atom stereocenters. The zero-order valence-electron chi connectivity index (χ0n) is 10.6. The first kappa shape index (κ1) is 13.5. The van der Waals surface area contributed by atoms with Gasteiger partial charge in [-0.25, -0.2) is 8.78 Å². The van der Waals surface area contributed by atoms with E-state index in [0.29, 0.717) is 12.0 Å². The zero-order valence-corrected chi connectivity index (χ0v) is 10.6. The number of benzene rings is 2. The Balaban J connectivity index is 2.13.